The van der Waals surface area contributed by atoms with E-state index in [1.807, 2.05) is 25.7 Å². The van der Waals surface area contributed by atoms with Crippen LogP contribution in [0.1, 0.15) is 34.1 Å². The van der Waals surface area contributed by atoms with E-state index in [0.717, 1.165) is 0 Å². The lowest BCUT2D eigenvalue weighted by Gasteiger charge is -2.25. The van der Waals surface area contributed by atoms with Gasteiger partial charge < -0.3 is 15.4 Å². The number of carbonyl (C=O) groups excluding carboxylic acids is 2. The molecule has 0 atom stereocenters. The fourth-order valence-electron chi connectivity index (χ4n) is 3.29. The summed E-state index contributed by atoms with van der Waals surface area (Å²) in [5.74, 6) is -0.00763. The van der Waals surface area contributed by atoms with Crippen molar-refractivity contribution in [1.29, 1.82) is 0 Å². The number of nitrogens with zero attached hydrogens (tertiary/aromatic N) is 2. The highest BCUT2D eigenvalue weighted by molar-refractivity contribution is 7.89. The fourth-order valence-corrected chi connectivity index (χ4v) is 4.79. The van der Waals surface area contributed by atoms with Gasteiger partial charge in [0.1, 0.15) is 5.75 Å². The summed E-state index contributed by atoms with van der Waals surface area (Å²) in [6.07, 6.45) is 0.622. The molecule has 1 aliphatic rings. The smallest absolute Gasteiger partial charge is 0.243 e. The number of hydrogen-bond acceptors (Lipinski definition) is 6. The Bertz CT molecular complexity index is 880. The largest absolute Gasteiger partial charge is 0.495 e. The Balaban J connectivity index is 2.12. The quantitative estimate of drug-likeness (QED) is 0.690. The predicted octanol–water partition coefficient (Wildman–Crippen LogP) is 1.26. The van der Waals surface area contributed by atoms with Gasteiger partial charge in [-0.3, -0.25) is 14.5 Å². The fraction of sp³-hybridized carbons (Fsp3) is 0.600. The highest BCUT2D eigenvalue weighted by Gasteiger charge is 2.28. The lowest BCUT2D eigenvalue weighted by molar-refractivity contribution is -0.123. The molecule has 1 aromatic carbocycles. The van der Waals surface area contributed by atoms with Gasteiger partial charge in [-0.2, -0.15) is 4.31 Å². The van der Waals surface area contributed by atoms with Crippen LogP contribution in [-0.4, -0.2) is 74.8 Å². The van der Waals surface area contributed by atoms with Crippen molar-refractivity contribution in [2.75, 3.05) is 45.2 Å². The average Bonchev–Trinajstić information content (AvgIpc) is 2.85. The van der Waals surface area contributed by atoms with Crippen molar-refractivity contribution in [3.8, 4) is 5.75 Å². The van der Waals surface area contributed by atoms with Crippen LogP contribution in [0.25, 0.3) is 0 Å². The van der Waals surface area contributed by atoms with Gasteiger partial charge in [0, 0.05) is 32.1 Å². The van der Waals surface area contributed by atoms with Crippen LogP contribution in [0.5, 0.6) is 5.75 Å². The first-order valence-electron chi connectivity index (χ1n) is 9.91. The molecular formula is C20H32N4O5S. The van der Waals surface area contributed by atoms with Gasteiger partial charge in [0.05, 0.1) is 24.2 Å². The van der Waals surface area contributed by atoms with Gasteiger partial charge in [0.15, 0.2) is 0 Å². The Hall–Kier alpha value is -2.17. The molecule has 2 rings (SSSR count). The number of hydrogen-bond donors (Lipinski definition) is 2. The third-order valence-electron chi connectivity index (χ3n) is 4.55. The van der Waals surface area contributed by atoms with E-state index in [9.17, 15) is 18.0 Å². The SMILES string of the molecule is COc1ccc(S(=O)(=O)N2CCCN(CC(=O)NC(C)(C)C)CC2)cc1NC(C)=O. The highest BCUT2D eigenvalue weighted by Crippen LogP contribution is 2.29. The zero-order valence-corrected chi connectivity index (χ0v) is 19.1. The molecule has 1 heterocycles. The van der Waals surface area contributed by atoms with Crippen LogP contribution < -0.4 is 15.4 Å². The minimum atomic E-state index is -3.75. The first-order valence-corrected chi connectivity index (χ1v) is 11.4. The number of amides is 2. The van der Waals surface area contributed by atoms with Crippen LogP contribution in [-0.2, 0) is 19.6 Å². The second-order valence-electron chi connectivity index (χ2n) is 8.38. The van der Waals surface area contributed by atoms with Gasteiger partial charge in [0.2, 0.25) is 21.8 Å². The Kier molecular flexibility index (Phi) is 7.84. The molecular weight excluding hydrogens is 408 g/mol. The maximum absolute atomic E-state index is 13.2. The first kappa shape index (κ1) is 24.1. The van der Waals surface area contributed by atoms with E-state index in [-0.39, 0.29) is 35.3 Å². The standard InChI is InChI=1S/C20H32N4O5S/c1-15(25)21-17-13-16(7-8-18(17)29-5)30(27,28)24-10-6-9-23(11-12-24)14-19(26)22-20(2,3)4/h7-8,13H,6,9-12,14H2,1-5H3,(H,21,25)(H,22,26). The summed E-state index contributed by atoms with van der Waals surface area (Å²) in [7, 11) is -2.30. The van der Waals surface area contributed by atoms with Gasteiger partial charge in [-0.1, -0.05) is 0 Å². The highest BCUT2D eigenvalue weighted by atomic mass is 32.2. The van der Waals surface area contributed by atoms with Crippen LogP contribution in [0.2, 0.25) is 0 Å². The number of nitrogens with one attached hydrogen (secondary N) is 2. The van der Waals surface area contributed by atoms with Crippen LogP contribution in [0.15, 0.2) is 23.1 Å². The Labute approximate surface area is 178 Å². The van der Waals surface area contributed by atoms with E-state index < -0.39 is 10.0 Å². The second kappa shape index (κ2) is 9.76. The van der Waals surface area contributed by atoms with E-state index in [4.69, 9.17) is 4.74 Å². The third-order valence-corrected chi connectivity index (χ3v) is 6.44. The summed E-state index contributed by atoms with van der Waals surface area (Å²) < 4.78 is 33.0. The van der Waals surface area contributed by atoms with Crippen molar-refractivity contribution in [3.05, 3.63) is 18.2 Å². The number of anilines is 1. The van der Waals surface area contributed by atoms with E-state index in [2.05, 4.69) is 10.6 Å². The zero-order valence-electron chi connectivity index (χ0n) is 18.3. The van der Waals surface area contributed by atoms with E-state index in [1.54, 1.807) is 0 Å². The lowest BCUT2D eigenvalue weighted by Crippen LogP contribution is -2.46. The molecule has 0 bridgehead atoms. The molecule has 1 saturated heterocycles. The molecule has 1 fully saturated rings. The van der Waals surface area contributed by atoms with Gasteiger partial charge in [-0.25, -0.2) is 8.42 Å². The van der Waals surface area contributed by atoms with Crippen molar-refractivity contribution >= 4 is 27.5 Å². The molecule has 0 aliphatic carbocycles. The summed E-state index contributed by atoms with van der Waals surface area (Å²) in [6, 6.07) is 4.41. The van der Waals surface area contributed by atoms with Crippen molar-refractivity contribution < 1.29 is 22.7 Å². The number of rotatable bonds is 6. The summed E-state index contributed by atoms with van der Waals surface area (Å²) in [5, 5.41) is 5.53. The Morgan fingerprint density at radius 1 is 1.13 bits per heavy atom. The minimum Gasteiger partial charge on any atom is -0.495 e. The van der Waals surface area contributed by atoms with Crippen molar-refractivity contribution in [3.63, 3.8) is 0 Å². The van der Waals surface area contributed by atoms with Gasteiger partial charge in [-0.15, -0.1) is 0 Å². The number of ether oxygens (including phenoxy) is 1. The summed E-state index contributed by atoms with van der Waals surface area (Å²) in [6.45, 7) is 9.10. The molecule has 0 aromatic heterocycles. The molecule has 0 radical (unpaired) electrons. The van der Waals surface area contributed by atoms with Crippen LogP contribution in [0.4, 0.5) is 5.69 Å². The predicted molar refractivity (Wildman–Crippen MR) is 115 cm³/mol. The molecule has 30 heavy (non-hydrogen) atoms. The maximum atomic E-state index is 13.2. The minimum absolute atomic E-state index is 0.0751. The van der Waals surface area contributed by atoms with Crippen molar-refractivity contribution in [1.82, 2.24) is 14.5 Å². The molecule has 0 spiro atoms. The van der Waals surface area contributed by atoms with Gasteiger partial charge >= 0.3 is 0 Å². The average molecular weight is 441 g/mol. The van der Waals surface area contributed by atoms with E-state index in [0.29, 0.717) is 37.5 Å². The van der Waals surface area contributed by atoms with Crippen LogP contribution in [0.3, 0.4) is 0 Å². The lowest BCUT2D eigenvalue weighted by atomic mass is 10.1. The third kappa shape index (κ3) is 6.68. The summed E-state index contributed by atoms with van der Waals surface area (Å²) >= 11 is 0. The topological polar surface area (TPSA) is 108 Å². The number of carbonyl (C=O) groups is 2. The van der Waals surface area contributed by atoms with E-state index >= 15 is 0 Å². The van der Waals surface area contributed by atoms with Crippen LogP contribution in [0, 0.1) is 0 Å². The molecule has 9 nitrogen and oxygen atoms in total. The molecule has 2 N–H and O–H groups in total. The summed E-state index contributed by atoms with van der Waals surface area (Å²) in [4.78, 5) is 25.7. The maximum Gasteiger partial charge on any atom is 0.243 e. The molecule has 168 valence electrons. The monoisotopic (exact) mass is 440 g/mol. The number of methoxy groups -OCH3 is 1. The molecule has 10 heteroatoms. The molecule has 1 aromatic rings. The Morgan fingerprint density at radius 3 is 2.43 bits per heavy atom. The van der Waals surface area contributed by atoms with Crippen LogP contribution >= 0.6 is 0 Å². The van der Waals surface area contributed by atoms with Gasteiger partial charge in [0.25, 0.3) is 0 Å². The second-order valence-corrected chi connectivity index (χ2v) is 10.3. The summed E-state index contributed by atoms with van der Waals surface area (Å²) in [5.41, 5.74) is -0.000425. The van der Waals surface area contributed by atoms with Crippen molar-refractivity contribution in [2.45, 2.75) is 44.6 Å². The molecule has 1 aliphatic heterocycles. The zero-order chi connectivity index (χ0) is 22.5. The molecule has 2 amide bonds. The first-order chi connectivity index (χ1) is 13.9. The number of benzene rings is 1. The molecule has 0 saturated carbocycles. The van der Waals surface area contributed by atoms with E-state index in [1.165, 1.54) is 36.5 Å². The Morgan fingerprint density at radius 2 is 1.83 bits per heavy atom. The van der Waals surface area contributed by atoms with Gasteiger partial charge in [-0.05, 0) is 51.9 Å². The van der Waals surface area contributed by atoms with Crippen molar-refractivity contribution in [2.24, 2.45) is 0 Å². The number of sulfonamides is 1. The normalized spacial score (nSPS) is 16.6. The molecule has 0 unspecified atom stereocenters.